The molecule has 13 heavy (non-hydrogen) atoms. The highest BCUT2D eigenvalue weighted by Crippen LogP contribution is 2.33. The van der Waals surface area contributed by atoms with Gasteiger partial charge in [-0.25, -0.2) is 0 Å². The molecule has 0 saturated heterocycles. The molecule has 1 aromatic carbocycles. The summed E-state index contributed by atoms with van der Waals surface area (Å²) in [6.07, 6.45) is 4.44. The first-order valence-electron chi connectivity index (χ1n) is 4.30. The van der Waals surface area contributed by atoms with Crippen molar-refractivity contribution in [2.75, 3.05) is 7.11 Å². The maximum absolute atomic E-state index is 10.1. The second-order valence-electron chi connectivity index (χ2n) is 3.18. The van der Waals surface area contributed by atoms with Crippen LogP contribution in [0, 0.1) is 0 Å². The van der Waals surface area contributed by atoms with E-state index in [4.69, 9.17) is 4.74 Å². The Morgan fingerprint density at radius 1 is 1.38 bits per heavy atom. The fourth-order valence-corrected chi connectivity index (χ4v) is 1.65. The molecule has 1 unspecified atom stereocenters. The number of hydrogen-bond acceptors (Lipinski definition) is 2. The van der Waals surface area contributed by atoms with Crippen LogP contribution in [0.1, 0.15) is 17.5 Å². The van der Waals surface area contributed by atoms with Gasteiger partial charge in [-0.15, -0.1) is 0 Å². The van der Waals surface area contributed by atoms with Gasteiger partial charge in [0.15, 0.2) is 5.79 Å². The van der Waals surface area contributed by atoms with Crippen LogP contribution in [0.15, 0.2) is 30.3 Å². The third kappa shape index (κ3) is 1.28. The zero-order valence-electron chi connectivity index (χ0n) is 7.53. The van der Waals surface area contributed by atoms with Crippen LogP contribution in [0.4, 0.5) is 0 Å². The van der Waals surface area contributed by atoms with Crippen molar-refractivity contribution in [2.24, 2.45) is 0 Å². The number of aliphatic hydroxyl groups is 1. The highest BCUT2D eigenvalue weighted by molar-refractivity contribution is 5.57. The Morgan fingerprint density at radius 3 is 2.92 bits per heavy atom. The molecule has 0 bridgehead atoms. The minimum atomic E-state index is -1.13. The molecule has 0 fully saturated rings. The van der Waals surface area contributed by atoms with Gasteiger partial charge in [0.05, 0.1) is 0 Å². The molecule has 0 saturated carbocycles. The van der Waals surface area contributed by atoms with E-state index >= 15 is 0 Å². The number of hydrogen-bond donors (Lipinski definition) is 1. The topological polar surface area (TPSA) is 29.5 Å². The fourth-order valence-electron chi connectivity index (χ4n) is 1.65. The number of methoxy groups -OCH3 is 1. The van der Waals surface area contributed by atoms with Gasteiger partial charge < -0.3 is 9.84 Å². The van der Waals surface area contributed by atoms with E-state index in [1.165, 1.54) is 7.11 Å². The van der Waals surface area contributed by atoms with Gasteiger partial charge in [0.1, 0.15) is 0 Å². The standard InChI is InChI=1S/C11H12O2/c1-13-11(12)8-4-6-9-5-2-3-7-10(9)11/h2-7,12H,8H2,1H3. The van der Waals surface area contributed by atoms with Crippen molar-refractivity contribution < 1.29 is 9.84 Å². The maximum Gasteiger partial charge on any atom is 0.196 e. The summed E-state index contributed by atoms with van der Waals surface area (Å²) >= 11 is 0. The summed E-state index contributed by atoms with van der Waals surface area (Å²) in [6, 6.07) is 7.71. The Labute approximate surface area is 77.5 Å². The van der Waals surface area contributed by atoms with Crippen LogP contribution in [0.5, 0.6) is 0 Å². The van der Waals surface area contributed by atoms with Gasteiger partial charge in [-0.1, -0.05) is 36.4 Å². The molecular formula is C11H12O2. The monoisotopic (exact) mass is 176 g/mol. The lowest BCUT2D eigenvalue weighted by molar-refractivity contribution is -0.192. The first-order chi connectivity index (χ1) is 6.26. The maximum atomic E-state index is 10.1. The van der Waals surface area contributed by atoms with Crippen LogP contribution in [0.3, 0.4) is 0 Å². The third-order valence-electron chi connectivity index (χ3n) is 2.41. The van der Waals surface area contributed by atoms with E-state index in [2.05, 4.69) is 0 Å². The van der Waals surface area contributed by atoms with E-state index in [1.807, 2.05) is 36.4 Å². The Morgan fingerprint density at radius 2 is 2.15 bits per heavy atom. The lowest BCUT2D eigenvalue weighted by Crippen LogP contribution is -2.29. The van der Waals surface area contributed by atoms with Crippen molar-refractivity contribution in [1.29, 1.82) is 0 Å². The molecule has 0 heterocycles. The molecule has 1 N–H and O–H groups in total. The van der Waals surface area contributed by atoms with Crippen LogP contribution in [-0.4, -0.2) is 12.2 Å². The van der Waals surface area contributed by atoms with E-state index in [1.54, 1.807) is 0 Å². The van der Waals surface area contributed by atoms with Crippen molar-refractivity contribution in [3.63, 3.8) is 0 Å². The quantitative estimate of drug-likeness (QED) is 0.662. The summed E-state index contributed by atoms with van der Waals surface area (Å²) < 4.78 is 5.11. The molecule has 68 valence electrons. The van der Waals surface area contributed by atoms with Crippen LogP contribution < -0.4 is 0 Å². The second-order valence-corrected chi connectivity index (χ2v) is 3.18. The molecular weight excluding hydrogens is 164 g/mol. The highest BCUT2D eigenvalue weighted by atomic mass is 16.6. The number of benzene rings is 1. The van der Waals surface area contributed by atoms with E-state index in [0.29, 0.717) is 6.42 Å². The van der Waals surface area contributed by atoms with Gasteiger partial charge in [0.25, 0.3) is 0 Å². The summed E-state index contributed by atoms with van der Waals surface area (Å²) in [5.74, 6) is -1.13. The molecule has 0 spiro atoms. The third-order valence-corrected chi connectivity index (χ3v) is 2.41. The molecule has 2 heteroatoms. The predicted octanol–water partition coefficient (Wildman–Crippen LogP) is 1.90. The van der Waals surface area contributed by atoms with Crippen molar-refractivity contribution in [3.8, 4) is 0 Å². The Bertz CT molecular complexity index is 344. The minimum Gasteiger partial charge on any atom is -0.362 e. The molecule has 2 nitrogen and oxygen atoms in total. The summed E-state index contributed by atoms with van der Waals surface area (Å²) in [5, 5.41) is 10.1. The smallest absolute Gasteiger partial charge is 0.196 e. The van der Waals surface area contributed by atoms with Crippen molar-refractivity contribution >= 4 is 6.08 Å². The van der Waals surface area contributed by atoms with Crippen molar-refractivity contribution in [2.45, 2.75) is 12.2 Å². The number of rotatable bonds is 1. The normalized spacial score (nSPS) is 25.7. The van der Waals surface area contributed by atoms with Gasteiger partial charge in [0.2, 0.25) is 0 Å². The van der Waals surface area contributed by atoms with Crippen molar-refractivity contribution in [3.05, 3.63) is 41.5 Å². The predicted molar refractivity (Wildman–Crippen MR) is 51.0 cm³/mol. The Kier molecular flexibility index (Phi) is 1.94. The Hall–Kier alpha value is -1.12. The SMILES string of the molecule is COC1(O)CC=Cc2ccccc21. The fraction of sp³-hybridized carbons (Fsp3) is 0.273. The van der Waals surface area contributed by atoms with E-state index in [0.717, 1.165) is 11.1 Å². The summed E-state index contributed by atoms with van der Waals surface area (Å²) in [5.41, 5.74) is 1.87. The van der Waals surface area contributed by atoms with Crippen LogP contribution in [-0.2, 0) is 10.5 Å². The van der Waals surface area contributed by atoms with Gasteiger partial charge in [-0.3, -0.25) is 0 Å². The highest BCUT2D eigenvalue weighted by Gasteiger charge is 2.31. The molecule has 1 aliphatic carbocycles. The summed E-state index contributed by atoms with van der Waals surface area (Å²) in [7, 11) is 1.52. The summed E-state index contributed by atoms with van der Waals surface area (Å²) in [6.45, 7) is 0. The van der Waals surface area contributed by atoms with Gasteiger partial charge in [-0.2, -0.15) is 0 Å². The molecule has 1 aromatic rings. The van der Waals surface area contributed by atoms with E-state index < -0.39 is 5.79 Å². The van der Waals surface area contributed by atoms with E-state index in [-0.39, 0.29) is 0 Å². The lowest BCUT2D eigenvalue weighted by atomic mass is 9.92. The molecule has 1 aliphatic rings. The van der Waals surface area contributed by atoms with Crippen LogP contribution in [0.25, 0.3) is 6.08 Å². The van der Waals surface area contributed by atoms with E-state index in [9.17, 15) is 5.11 Å². The second kappa shape index (κ2) is 2.98. The Balaban J connectivity index is 2.55. The van der Waals surface area contributed by atoms with Crippen LogP contribution >= 0.6 is 0 Å². The van der Waals surface area contributed by atoms with Gasteiger partial charge in [0, 0.05) is 19.1 Å². The summed E-state index contributed by atoms with van der Waals surface area (Å²) in [4.78, 5) is 0. The van der Waals surface area contributed by atoms with Gasteiger partial charge in [-0.05, 0) is 5.56 Å². The number of ether oxygens (including phenoxy) is 1. The first-order valence-corrected chi connectivity index (χ1v) is 4.30. The molecule has 0 aromatic heterocycles. The molecule has 0 aliphatic heterocycles. The molecule has 2 rings (SSSR count). The largest absolute Gasteiger partial charge is 0.362 e. The number of fused-ring (bicyclic) bond motifs is 1. The zero-order valence-corrected chi connectivity index (χ0v) is 7.53. The minimum absolute atomic E-state index is 0.514. The first kappa shape index (κ1) is 8.48. The average Bonchev–Trinajstić information content (AvgIpc) is 2.19. The zero-order chi connectivity index (χ0) is 9.31. The van der Waals surface area contributed by atoms with Crippen molar-refractivity contribution in [1.82, 2.24) is 0 Å². The van der Waals surface area contributed by atoms with Crippen LogP contribution in [0.2, 0.25) is 0 Å². The molecule has 1 atom stereocenters. The lowest BCUT2D eigenvalue weighted by Gasteiger charge is -2.29. The molecule has 0 amide bonds. The average molecular weight is 176 g/mol. The van der Waals surface area contributed by atoms with Gasteiger partial charge >= 0.3 is 0 Å². The molecule has 0 radical (unpaired) electrons.